The third-order valence-electron chi connectivity index (χ3n) is 3.07. The fourth-order valence-electron chi connectivity index (χ4n) is 1.84. The van der Waals surface area contributed by atoms with Crippen LogP contribution in [-0.2, 0) is 6.54 Å². The van der Waals surface area contributed by atoms with E-state index >= 15 is 0 Å². The molecule has 0 amide bonds. The van der Waals surface area contributed by atoms with Crippen LogP contribution in [0.3, 0.4) is 0 Å². The maximum absolute atomic E-state index is 12.8. The molecule has 19 heavy (non-hydrogen) atoms. The van der Waals surface area contributed by atoms with Crippen molar-refractivity contribution in [1.82, 2.24) is 5.32 Å². The van der Waals surface area contributed by atoms with Gasteiger partial charge >= 0.3 is 0 Å². The molecule has 2 aromatic carbocycles. The monoisotopic (exact) mass is 254 g/mol. The SMILES string of the molecule is CC(NCc1ccc(C#N)cc1)c1ccc(F)cc1. The van der Waals surface area contributed by atoms with Crippen LogP contribution >= 0.6 is 0 Å². The zero-order valence-electron chi connectivity index (χ0n) is 10.7. The van der Waals surface area contributed by atoms with Crippen LogP contribution in [0.4, 0.5) is 4.39 Å². The number of nitrogens with one attached hydrogen (secondary N) is 1. The van der Waals surface area contributed by atoms with E-state index in [9.17, 15) is 4.39 Å². The number of nitrogens with zero attached hydrogens (tertiary/aromatic N) is 1. The van der Waals surface area contributed by atoms with E-state index in [2.05, 4.69) is 11.4 Å². The first-order chi connectivity index (χ1) is 9.19. The second kappa shape index (κ2) is 6.12. The molecule has 2 aromatic rings. The molecule has 3 heteroatoms. The number of hydrogen-bond donors (Lipinski definition) is 1. The Kier molecular flexibility index (Phi) is 4.27. The molecule has 0 saturated carbocycles. The van der Waals surface area contributed by atoms with Gasteiger partial charge in [-0.1, -0.05) is 24.3 Å². The Bertz CT molecular complexity index is 567. The van der Waals surface area contributed by atoms with Gasteiger partial charge in [0.2, 0.25) is 0 Å². The Morgan fingerprint density at radius 1 is 1.11 bits per heavy atom. The van der Waals surface area contributed by atoms with Gasteiger partial charge < -0.3 is 5.32 Å². The maximum atomic E-state index is 12.8. The summed E-state index contributed by atoms with van der Waals surface area (Å²) in [5, 5.41) is 12.1. The van der Waals surface area contributed by atoms with Crippen molar-refractivity contribution >= 4 is 0 Å². The van der Waals surface area contributed by atoms with Gasteiger partial charge in [0.25, 0.3) is 0 Å². The predicted molar refractivity (Wildman–Crippen MR) is 72.8 cm³/mol. The van der Waals surface area contributed by atoms with Crippen molar-refractivity contribution in [3.05, 3.63) is 71.0 Å². The van der Waals surface area contributed by atoms with Crippen LogP contribution in [0.1, 0.15) is 29.7 Å². The van der Waals surface area contributed by atoms with Crippen molar-refractivity contribution in [3.8, 4) is 6.07 Å². The second-order valence-corrected chi connectivity index (χ2v) is 4.46. The van der Waals surface area contributed by atoms with Gasteiger partial charge in [-0.2, -0.15) is 5.26 Å². The summed E-state index contributed by atoms with van der Waals surface area (Å²) >= 11 is 0. The van der Waals surface area contributed by atoms with Gasteiger partial charge in [0, 0.05) is 12.6 Å². The molecule has 2 nitrogen and oxygen atoms in total. The Balaban J connectivity index is 1.94. The smallest absolute Gasteiger partial charge is 0.123 e. The summed E-state index contributed by atoms with van der Waals surface area (Å²) < 4.78 is 12.8. The highest BCUT2D eigenvalue weighted by molar-refractivity contribution is 5.31. The molecule has 1 atom stereocenters. The number of hydrogen-bond acceptors (Lipinski definition) is 2. The Labute approximate surface area is 112 Å². The molecule has 0 saturated heterocycles. The summed E-state index contributed by atoms with van der Waals surface area (Å²) in [7, 11) is 0. The van der Waals surface area contributed by atoms with Crippen LogP contribution in [0.25, 0.3) is 0 Å². The molecule has 2 rings (SSSR count). The van der Waals surface area contributed by atoms with Gasteiger partial charge in [0.05, 0.1) is 11.6 Å². The van der Waals surface area contributed by atoms with Crippen LogP contribution in [0.15, 0.2) is 48.5 Å². The van der Waals surface area contributed by atoms with Crippen molar-refractivity contribution in [2.75, 3.05) is 0 Å². The van der Waals surface area contributed by atoms with E-state index in [1.54, 1.807) is 24.3 Å². The first kappa shape index (κ1) is 13.3. The summed E-state index contributed by atoms with van der Waals surface area (Å²) in [5.74, 6) is -0.219. The van der Waals surface area contributed by atoms with Crippen LogP contribution in [0, 0.1) is 17.1 Å². The molecule has 0 aliphatic carbocycles. The Morgan fingerprint density at radius 2 is 1.74 bits per heavy atom. The summed E-state index contributed by atoms with van der Waals surface area (Å²) in [6.45, 7) is 2.75. The van der Waals surface area contributed by atoms with Gasteiger partial charge in [-0.3, -0.25) is 0 Å². The molecule has 0 fully saturated rings. The van der Waals surface area contributed by atoms with Crippen LogP contribution in [0.2, 0.25) is 0 Å². The van der Waals surface area contributed by atoms with Gasteiger partial charge in [0.1, 0.15) is 5.82 Å². The molecular formula is C16H15FN2. The minimum Gasteiger partial charge on any atom is -0.306 e. The lowest BCUT2D eigenvalue weighted by molar-refractivity contribution is 0.571. The van der Waals surface area contributed by atoms with Crippen molar-refractivity contribution in [1.29, 1.82) is 5.26 Å². The molecule has 1 unspecified atom stereocenters. The summed E-state index contributed by atoms with van der Waals surface area (Å²) in [4.78, 5) is 0. The van der Waals surface area contributed by atoms with Crippen LogP contribution in [-0.4, -0.2) is 0 Å². The van der Waals surface area contributed by atoms with E-state index in [0.29, 0.717) is 12.1 Å². The average Bonchev–Trinajstić information content (AvgIpc) is 2.46. The highest BCUT2D eigenvalue weighted by Crippen LogP contribution is 2.13. The van der Waals surface area contributed by atoms with E-state index in [0.717, 1.165) is 11.1 Å². The molecule has 0 radical (unpaired) electrons. The third kappa shape index (κ3) is 3.64. The summed E-state index contributed by atoms with van der Waals surface area (Å²) in [5.41, 5.74) is 2.83. The molecule has 0 aliphatic heterocycles. The van der Waals surface area contributed by atoms with E-state index < -0.39 is 0 Å². The number of halogens is 1. The van der Waals surface area contributed by atoms with E-state index in [1.807, 2.05) is 19.1 Å². The molecule has 0 aliphatic rings. The first-order valence-corrected chi connectivity index (χ1v) is 6.17. The third-order valence-corrected chi connectivity index (χ3v) is 3.07. The minimum absolute atomic E-state index is 0.149. The zero-order valence-corrected chi connectivity index (χ0v) is 10.7. The highest BCUT2D eigenvalue weighted by atomic mass is 19.1. The largest absolute Gasteiger partial charge is 0.306 e. The van der Waals surface area contributed by atoms with Gasteiger partial charge in [-0.15, -0.1) is 0 Å². The van der Waals surface area contributed by atoms with Crippen molar-refractivity contribution in [3.63, 3.8) is 0 Å². The van der Waals surface area contributed by atoms with E-state index in [-0.39, 0.29) is 11.9 Å². The standard InChI is InChI=1S/C16H15FN2/c1-12(15-6-8-16(17)9-7-15)19-11-14-4-2-13(10-18)3-5-14/h2-9,12,19H,11H2,1H3. The van der Waals surface area contributed by atoms with Crippen LogP contribution in [0.5, 0.6) is 0 Å². The lowest BCUT2D eigenvalue weighted by Crippen LogP contribution is -2.18. The normalized spacial score (nSPS) is 11.8. The minimum atomic E-state index is -0.219. The van der Waals surface area contributed by atoms with Crippen molar-refractivity contribution in [2.24, 2.45) is 0 Å². The number of rotatable bonds is 4. The maximum Gasteiger partial charge on any atom is 0.123 e. The zero-order chi connectivity index (χ0) is 13.7. The van der Waals surface area contributed by atoms with Crippen molar-refractivity contribution in [2.45, 2.75) is 19.5 Å². The quantitative estimate of drug-likeness (QED) is 0.905. The number of benzene rings is 2. The lowest BCUT2D eigenvalue weighted by atomic mass is 10.1. The molecular weight excluding hydrogens is 239 g/mol. The first-order valence-electron chi connectivity index (χ1n) is 6.17. The summed E-state index contributed by atoms with van der Waals surface area (Å²) in [6, 6.07) is 16.2. The molecule has 0 heterocycles. The van der Waals surface area contributed by atoms with Gasteiger partial charge in [-0.25, -0.2) is 4.39 Å². The molecule has 0 bridgehead atoms. The fourth-order valence-corrected chi connectivity index (χ4v) is 1.84. The Hall–Kier alpha value is -2.18. The average molecular weight is 254 g/mol. The molecule has 1 N–H and O–H groups in total. The number of nitriles is 1. The van der Waals surface area contributed by atoms with E-state index in [4.69, 9.17) is 5.26 Å². The van der Waals surface area contributed by atoms with E-state index in [1.165, 1.54) is 12.1 Å². The van der Waals surface area contributed by atoms with Crippen molar-refractivity contribution < 1.29 is 4.39 Å². The van der Waals surface area contributed by atoms with Crippen LogP contribution < -0.4 is 5.32 Å². The summed E-state index contributed by atoms with van der Waals surface area (Å²) in [6.07, 6.45) is 0. The molecule has 0 aromatic heterocycles. The lowest BCUT2D eigenvalue weighted by Gasteiger charge is -2.14. The molecule has 0 spiro atoms. The fraction of sp³-hybridized carbons (Fsp3) is 0.188. The van der Waals surface area contributed by atoms with Gasteiger partial charge in [-0.05, 0) is 42.3 Å². The highest BCUT2D eigenvalue weighted by Gasteiger charge is 2.04. The Morgan fingerprint density at radius 3 is 2.32 bits per heavy atom. The topological polar surface area (TPSA) is 35.8 Å². The predicted octanol–water partition coefficient (Wildman–Crippen LogP) is 3.55. The second-order valence-electron chi connectivity index (χ2n) is 4.46. The van der Waals surface area contributed by atoms with Gasteiger partial charge in [0.15, 0.2) is 0 Å². The molecule has 96 valence electrons.